The summed E-state index contributed by atoms with van der Waals surface area (Å²) in [4.78, 5) is 11.7. The monoisotopic (exact) mass is 261 g/mol. The zero-order valence-electron chi connectivity index (χ0n) is 11.5. The van der Waals surface area contributed by atoms with Crippen molar-refractivity contribution in [1.82, 2.24) is 5.32 Å². The molecule has 0 aromatic heterocycles. The number of amides is 1. The second-order valence-corrected chi connectivity index (χ2v) is 4.99. The van der Waals surface area contributed by atoms with Crippen molar-refractivity contribution in [2.45, 2.75) is 26.8 Å². The van der Waals surface area contributed by atoms with Gasteiger partial charge in [0.25, 0.3) is 0 Å². The second-order valence-electron chi connectivity index (χ2n) is 4.99. The molecule has 0 saturated carbocycles. The number of hydrogen-bond donors (Lipinski definition) is 1. The van der Waals surface area contributed by atoms with Crippen molar-refractivity contribution in [1.29, 1.82) is 0 Å². The average Bonchev–Trinajstić information content (AvgIpc) is 2.83. The summed E-state index contributed by atoms with van der Waals surface area (Å²) in [5.74, 6) is 1.80. The zero-order valence-corrected chi connectivity index (χ0v) is 11.5. The van der Waals surface area contributed by atoms with Gasteiger partial charge in [-0.15, -0.1) is 0 Å². The Kier molecular flexibility index (Phi) is 4.10. The summed E-state index contributed by atoms with van der Waals surface area (Å²) >= 11 is 0. The van der Waals surface area contributed by atoms with Crippen molar-refractivity contribution < 1.29 is 14.3 Å². The van der Waals surface area contributed by atoms with E-state index in [1.54, 1.807) is 6.08 Å². The van der Waals surface area contributed by atoms with Gasteiger partial charge in [0.05, 0.1) is 0 Å². The van der Waals surface area contributed by atoms with E-state index in [4.69, 9.17) is 9.47 Å². The van der Waals surface area contributed by atoms with E-state index >= 15 is 0 Å². The molecule has 4 nitrogen and oxygen atoms in total. The third kappa shape index (κ3) is 3.50. The molecule has 0 fully saturated rings. The van der Waals surface area contributed by atoms with E-state index in [0.29, 0.717) is 5.92 Å². The van der Waals surface area contributed by atoms with Crippen molar-refractivity contribution in [3.05, 3.63) is 29.8 Å². The topological polar surface area (TPSA) is 47.6 Å². The van der Waals surface area contributed by atoms with Gasteiger partial charge in [0, 0.05) is 12.1 Å². The molecule has 0 saturated heterocycles. The predicted molar refractivity (Wildman–Crippen MR) is 74.0 cm³/mol. The molecular formula is C15H19NO3. The molecule has 0 spiro atoms. The van der Waals surface area contributed by atoms with E-state index in [-0.39, 0.29) is 18.7 Å². The highest BCUT2D eigenvalue weighted by molar-refractivity contribution is 5.92. The SMILES string of the molecule is CC(C)C(C)NC(=O)/C=C/c1ccc2c(c1)OCO2. The van der Waals surface area contributed by atoms with Crippen LogP contribution in [-0.2, 0) is 4.79 Å². The lowest BCUT2D eigenvalue weighted by atomic mass is 10.1. The number of nitrogens with one attached hydrogen (secondary N) is 1. The van der Waals surface area contributed by atoms with Crippen LogP contribution in [0.3, 0.4) is 0 Å². The van der Waals surface area contributed by atoms with E-state index in [2.05, 4.69) is 19.2 Å². The highest BCUT2D eigenvalue weighted by Gasteiger charge is 2.12. The average molecular weight is 261 g/mol. The summed E-state index contributed by atoms with van der Waals surface area (Å²) in [5, 5.41) is 2.92. The molecule has 1 amide bonds. The molecule has 1 aromatic rings. The van der Waals surface area contributed by atoms with Gasteiger partial charge in [-0.25, -0.2) is 0 Å². The maximum absolute atomic E-state index is 11.7. The predicted octanol–water partition coefficient (Wildman–Crippen LogP) is 2.59. The Labute approximate surface area is 113 Å². The lowest BCUT2D eigenvalue weighted by molar-refractivity contribution is -0.117. The first-order valence-electron chi connectivity index (χ1n) is 6.44. The molecule has 1 atom stereocenters. The third-order valence-corrected chi connectivity index (χ3v) is 3.19. The quantitative estimate of drug-likeness (QED) is 0.847. The normalized spacial score (nSPS) is 14.9. The number of carbonyl (C=O) groups excluding carboxylic acids is 1. The second kappa shape index (κ2) is 5.78. The minimum atomic E-state index is -0.0844. The van der Waals surface area contributed by atoms with Crippen molar-refractivity contribution >= 4 is 12.0 Å². The van der Waals surface area contributed by atoms with Crippen LogP contribution in [0.25, 0.3) is 6.08 Å². The molecule has 4 heteroatoms. The van der Waals surface area contributed by atoms with Crippen LogP contribution in [0, 0.1) is 5.92 Å². The van der Waals surface area contributed by atoms with Gasteiger partial charge in [-0.2, -0.15) is 0 Å². The molecule has 0 bridgehead atoms. The van der Waals surface area contributed by atoms with E-state index in [1.807, 2.05) is 25.1 Å². The van der Waals surface area contributed by atoms with E-state index < -0.39 is 0 Å². The first-order chi connectivity index (χ1) is 9.06. The number of benzene rings is 1. The molecule has 1 aromatic carbocycles. The highest BCUT2D eigenvalue weighted by atomic mass is 16.7. The summed E-state index contributed by atoms with van der Waals surface area (Å²) in [6.45, 7) is 6.41. The first kappa shape index (κ1) is 13.5. The molecule has 1 N–H and O–H groups in total. The fourth-order valence-electron chi connectivity index (χ4n) is 1.63. The standard InChI is InChI=1S/C15H19NO3/c1-10(2)11(3)16-15(17)7-5-12-4-6-13-14(8-12)19-9-18-13/h4-8,10-11H,9H2,1-3H3,(H,16,17)/b7-5+. The Hall–Kier alpha value is -1.97. The number of rotatable bonds is 4. The van der Waals surface area contributed by atoms with Crippen molar-refractivity contribution in [3.8, 4) is 11.5 Å². The number of carbonyl (C=O) groups is 1. The van der Waals surface area contributed by atoms with Gasteiger partial charge < -0.3 is 14.8 Å². The van der Waals surface area contributed by atoms with Crippen LogP contribution in [0.4, 0.5) is 0 Å². The highest BCUT2D eigenvalue weighted by Crippen LogP contribution is 2.32. The lowest BCUT2D eigenvalue weighted by Crippen LogP contribution is -2.34. The minimum Gasteiger partial charge on any atom is -0.454 e. The smallest absolute Gasteiger partial charge is 0.244 e. The summed E-state index contributed by atoms with van der Waals surface area (Å²) in [6.07, 6.45) is 3.31. The number of hydrogen-bond acceptors (Lipinski definition) is 3. The van der Waals surface area contributed by atoms with Gasteiger partial charge in [-0.1, -0.05) is 19.9 Å². The van der Waals surface area contributed by atoms with Crippen LogP contribution in [0.2, 0.25) is 0 Å². The molecule has 2 rings (SSSR count). The molecule has 1 heterocycles. The Bertz CT molecular complexity index is 494. The van der Waals surface area contributed by atoms with Crippen molar-refractivity contribution in [2.24, 2.45) is 5.92 Å². The number of ether oxygens (including phenoxy) is 2. The summed E-state index contributed by atoms with van der Waals surface area (Å²) < 4.78 is 10.5. The third-order valence-electron chi connectivity index (χ3n) is 3.19. The van der Waals surface area contributed by atoms with E-state index in [1.165, 1.54) is 6.08 Å². The summed E-state index contributed by atoms with van der Waals surface area (Å²) in [7, 11) is 0. The van der Waals surface area contributed by atoms with Crippen LogP contribution < -0.4 is 14.8 Å². The van der Waals surface area contributed by atoms with E-state index in [0.717, 1.165) is 17.1 Å². The Morgan fingerprint density at radius 1 is 1.26 bits per heavy atom. The lowest BCUT2D eigenvalue weighted by Gasteiger charge is -2.15. The maximum Gasteiger partial charge on any atom is 0.244 e. The molecule has 0 radical (unpaired) electrons. The van der Waals surface area contributed by atoms with Gasteiger partial charge >= 0.3 is 0 Å². The summed E-state index contributed by atoms with van der Waals surface area (Å²) in [6, 6.07) is 5.76. The van der Waals surface area contributed by atoms with Crippen LogP contribution in [0.15, 0.2) is 24.3 Å². The van der Waals surface area contributed by atoms with Gasteiger partial charge in [0.1, 0.15) is 0 Å². The molecule has 19 heavy (non-hydrogen) atoms. The van der Waals surface area contributed by atoms with Gasteiger partial charge in [0.15, 0.2) is 11.5 Å². The van der Waals surface area contributed by atoms with Crippen molar-refractivity contribution in [3.63, 3.8) is 0 Å². The largest absolute Gasteiger partial charge is 0.454 e. The fraction of sp³-hybridized carbons (Fsp3) is 0.400. The molecule has 102 valence electrons. The first-order valence-corrected chi connectivity index (χ1v) is 6.44. The Morgan fingerprint density at radius 3 is 2.74 bits per heavy atom. The van der Waals surface area contributed by atoms with Gasteiger partial charge in [-0.3, -0.25) is 4.79 Å². The van der Waals surface area contributed by atoms with Crippen LogP contribution in [-0.4, -0.2) is 18.7 Å². The summed E-state index contributed by atoms with van der Waals surface area (Å²) in [5.41, 5.74) is 0.914. The Morgan fingerprint density at radius 2 is 2.00 bits per heavy atom. The molecule has 1 unspecified atom stereocenters. The molecule has 1 aliphatic rings. The number of fused-ring (bicyclic) bond motifs is 1. The van der Waals surface area contributed by atoms with Crippen LogP contribution >= 0.6 is 0 Å². The van der Waals surface area contributed by atoms with Crippen molar-refractivity contribution in [2.75, 3.05) is 6.79 Å². The molecule has 0 aliphatic carbocycles. The molecular weight excluding hydrogens is 242 g/mol. The van der Waals surface area contributed by atoms with Gasteiger partial charge in [-0.05, 0) is 36.6 Å². The fourth-order valence-corrected chi connectivity index (χ4v) is 1.63. The minimum absolute atomic E-state index is 0.0844. The maximum atomic E-state index is 11.7. The zero-order chi connectivity index (χ0) is 13.8. The Balaban J connectivity index is 1.97. The molecule has 1 aliphatic heterocycles. The van der Waals surface area contributed by atoms with E-state index in [9.17, 15) is 4.79 Å². The van der Waals surface area contributed by atoms with Gasteiger partial charge in [0.2, 0.25) is 12.7 Å². The van der Waals surface area contributed by atoms with Crippen LogP contribution in [0.1, 0.15) is 26.3 Å². The van der Waals surface area contributed by atoms with Crippen LogP contribution in [0.5, 0.6) is 11.5 Å².